The molecule has 0 amide bonds. The molecule has 0 aromatic rings. The number of hydrogen-bond acceptors (Lipinski definition) is 6. The molecular formula is C9H14Na2O9. The minimum absolute atomic E-state index is 0. The van der Waals surface area contributed by atoms with Crippen molar-refractivity contribution in [2.24, 2.45) is 0 Å². The van der Waals surface area contributed by atoms with Crippen LogP contribution in [0.1, 0.15) is 19.8 Å². The van der Waals surface area contributed by atoms with Crippen LogP contribution in [0, 0.1) is 0 Å². The SMILES string of the molecule is CC(OC(=O)CC(O)(CC(=O)O)C(=O)O)C(=O)O.[NaH].[NaH]. The summed E-state index contributed by atoms with van der Waals surface area (Å²) in [5.74, 6) is -6.32. The van der Waals surface area contributed by atoms with Gasteiger partial charge in [-0.05, 0) is 6.92 Å². The number of esters is 1. The van der Waals surface area contributed by atoms with Crippen molar-refractivity contribution in [3.05, 3.63) is 0 Å². The van der Waals surface area contributed by atoms with Crippen molar-refractivity contribution in [2.75, 3.05) is 0 Å². The van der Waals surface area contributed by atoms with E-state index in [9.17, 15) is 24.3 Å². The second kappa shape index (κ2) is 10.6. The van der Waals surface area contributed by atoms with E-state index >= 15 is 0 Å². The Hall–Kier alpha value is -0.160. The van der Waals surface area contributed by atoms with Gasteiger partial charge in [-0.15, -0.1) is 0 Å². The van der Waals surface area contributed by atoms with E-state index in [-0.39, 0.29) is 59.1 Å². The summed E-state index contributed by atoms with van der Waals surface area (Å²) in [5.41, 5.74) is -2.83. The Bertz CT molecular complexity index is 384. The van der Waals surface area contributed by atoms with Gasteiger partial charge in [0.1, 0.15) is 0 Å². The molecule has 0 aliphatic carbocycles. The van der Waals surface area contributed by atoms with E-state index in [4.69, 9.17) is 15.3 Å². The second-order valence-electron chi connectivity index (χ2n) is 3.55. The summed E-state index contributed by atoms with van der Waals surface area (Å²) in [6.07, 6.45) is -3.90. The van der Waals surface area contributed by atoms with Crippen LogP contribution in [0.5, 0.6) is 0 Å². The summed E-state index contributed by atoms with van der Waals surface area (Å²) < 4.78 is 4.28. The van der Waals surface area contributed by atoms with Crippen LogP contribution in [-0.2, 0) is 23.9 Å². The van der Waals surface area contributed by atoms with Gasteiger partial charge in [-0.1, -0.05) is 0 Å². The second-order valence-corrected chi connectivity index (χ2v) is 3.55. The van der Waals surface area contributed by atoms with Crippen LogP contribution in [-0.4, -0.2) is 115 Å². The van der Waals surface area contributed by atoms with Crippen molar-refractivity contribution in [3.8, 4) is 0 Å². The molecule has 106 valence electrons. The number of carbonyl (C=O) groups excluding carboxylic acids is 1. The number of carbonyl (C=O) groups is 4. The Labute approximate surface area is 157 Å². The monoisotopic (exact) mass is 312 g/mol. The first kappa shape index (κ1) is 24.8. The van der Waals surface area contributed by atoms with E-state index in [0.29, 0.717) is 0 Å². The van der Waals surface area contributed by atoms with Crippen LogP contribution < -0.4 is 0 Å². The van der Waals surface area contributed by atoms with Crippen molar-refractivity contribution < 1.29 is 44.3 Å². The van der Waals surface area contributed by atoms with Crippen molar-refractivity contribution >= 4 is 83.0 Å². The Kier molecular flexibility index (Phi) is 13.1. The quantitative estimate of drug-likeness (QED) is 0.292. The summed E-state index contributed by atoms with van der Waals surface area (Å²) in [7, 11) is 0. The molecule has 0 rings (SSSR count). The zero-order valence-electron chi connectivity index (χ0n) is 9.32. The Morgan fingerprint density at radius 3 is 1.80 bits per heavy atom. The molecule has 20 heavy (non-hydrogen) atoms. The van der Waals surface area contributed by atoms with Crippen LogP contribution in [0.4, 0.5) is 0 Å². The van der Waals surface area contributed by atoms with Gasteiger partial charge in [-0.3, -0.25) is 9.59 Å². The molecule has 0 spiro atoms. The van der Waals surface area contributed by atoms with Gasteiger partial charge in [-0.2, -0.15) is 0 Å². The average molecular weight is 312 g/mol. The molecule has 4 N–H and O–H groups in total. The maximum absolute atomic E-state index is 11.2. The van der Waals surface area contributed by atoms with Gasteiger partial charge in [0.05, 0.1) is 12.8 Å². The Morgan fingerprint density at radius 1 is 1.05 bits per heavy atom. The number of rotatable bonds is 7. The third kappa shape index (κ3) is 8.90. The predicted molar refractivity (Wildman–Crippen MR) is 66.9 cm³/mol. The maximum atomic E-state index is 11.2. The molecule has 0 radical (unpaired) electrons. The molecular weight excluding hydrogens is 298 g/mol. The van der Waals surface area contributed by atoms with E-state index in [1.165, 1.54) is 0 Å². The molecule has 0 bridgehead atoms. The summed E-state index contributed by atoms with van der Waals surface area (Å²) in [4.78, 5) is 42.6. The molecule has 0 fully saturated rings. The van der Waals surface area contributed by atoms with Gasteiger partial charge in [0.15, 0.2) is 11.7 Å². The van der Waals surface area contributed by atoms with Crippen LogP contribution in [0.2, 0.25) is 0 Å². The van der Waals surface area contributed by atoms with E-state index in [1.54, 1.807) is 0 Å². The van der Waals surface area contributed by atoms with Crippen LogP contribution in [0.25, 0.3) is 0 Å². The predicted octanol–water partition coefficient (Wildman–Crippen LogP) is -2.61. The van der Waals surface area contributed by atoms with Gasteiger partial charge in [0, 0.05) is 0 Å². The minimum atomic E-state index is -2.83. The molecule has 2 unspecified atom stereocenters. The molecule has 9 nitrogen and oxygen atoms in total. The molecule has 0 aromatic carbocycles. The van der Waals surface area contributed by atoms with Crippen LogP contribution >= 0.6 is 0 Å². The molecule has 0 aliphatic heterocycles. The molecule has 0 saturated carbocycles. The van der Waals surface area contributed by atoms with Crippen LogP contribution in [0.15, 0.2) is 0 Å². The number of hydrogen-bond donors (Lipinski definition) is 4. The summed E-state index contributed by atoms with van der Waals surface area (Å²) in [5, 5.41) is 34.9. The van der Waals surface area contributed by atoms with Gasteiger partial charge >= 0.3 is 83.0 Å². The van der Waals surface area contributed by atoms with Gasteiger partial charge in [0.25, 0.3) is 0 Å². The van der Waals surface area contributed by atoms with Crippen molar-refractivity contribution in [1.82, 2.24) is 0 Å². The van der Waals surface area contributed by atoms with Gasteiger partial charge in [-0.25, -0.2) is 9.59 Å². The molecule has 0 aliphatic rings. The van der Waals surface area contributed by atoms with Crippen LogP contribution in [0.3, 0.4) is 0 Å². The fourth-order valence-corrected chi connectivity index (χ4v) is 0.992. The summed E-state index contributed by atoms with van der Waals surface area (Å²) in [6.45, 7) is 1.03. The number of aliphatic hydroxyl groups is 1. The fourth-order valence-electron chi connectivity index (χ4n) is 0.992. The van der Waals surface area contributed by atoms with Crippen molar-refractivity contribution in [1.29, 1.82) is 0 Å². The Balaban J connectivity index is -0.00000144. The summed E-state index contributed by atoms with van der Waals surface area (Å²) in [6, 6.07) is 0. The van der Waals surface area contributed by atoms with Gasteiger partial charge < -0.3 is 25.2 Å². The third-order valence-electron chi connectivity index (χ3n) is 1.93. The van der Waals surface area contributed by atoms with Crippen molar-refractivity contribution in [2.45, 2.75) is 31.5 Å². The number of carboxylic acid groups (broad SMARTS) is 3. The molecule has 11 heteroatoms. The zero-order valence-corrected chi connectivity index (χ0v) is 9.32. The average Bonchev–Trinajstić information content (AvgIpc) is 2.14. The fraction of sp³-hybridized carbons (Fsp3) is 0.556. The molecule has 0 heterocycles. The molecule has 2 atom stereocenters. The third-order valence-corrected chi connectivity index (χ3v) is 1.93. The zero-order chi connectivity index (χ0) is 14.5. The first-order valence-electron chi connectivity index (χ1n) is 4.68. The number of aliphatic carboxylic acids is 3. The molecule has 0 aromatic heterocycles. The number of ether oxygens (including phenoxy) is 1. The molecule has 0 saturated heterocycles. The number of carboxylic acids is 3. The Morgan fingerprint density at radius 2 is 1.50 bits per heavy atom. The standard InChI is InChI=1S/C9H12O9.2Na.2H/c1-4(7(13)14)18-6(12)3-9(17,8(15)16)2-5(10)11;;;;/h4,17H,2-3H2,1H3,(H,10,11)(H,13,14)(H,15,16);;;;. The first-order valence-corrected chi connectivity index (χ1v) is 4.68. The topological polar surface area (TPSA) is 158 Å². The van der Waals surface area contributed by atoms with E-state index in [1.807, 2.05) is 0 Å². The van der Waals surface area contributed by atoms with Crippen molar-refractivity contribution in [3.63, 3.8) is 0 Å². The van der Waals surface area contributed by atoms with E-state index < -0.39 is 48.4 Å². The normalized spacial score (nSPS) is 13.7. The summed E-state index contributed by atoms with van der Waals surface area (Å²) >= 11 is 0. The van der Waals surface area contributed by atoms with E-state index in [2.05, 4.69) is 4.74 Å². The van der Waals surface area contributed by atoms with E-state index in [0.717, 1.165) is 6.92 Å². The van der Waals surface area contributed by atoms with Gasteiger partial charge in [0.2, 0.25) is 0 Å². The first-order chi connectivity index (χ1) is 8.08.